The van der Waals surface area contributed by atoms with Gasteiger partial charge in [-0.15, -0.1) is 0 Å². The molecule has 16 heavy (non-hydrogen) atoms. The van der Waals surface area contributed by atoms with Crippen molar-refractivity contribution in [3.05, 3.63) is 17.5 Å². The van der Waals surface area contributed by atoms with Crippen molar-refractivity contribution in [1.29, 1.82) is 0 Å². The standard InChI is InChI=1S/C10H11ClN4O/c11-8-5-9(16-4-3-7-1-2-7)15-10(14-8)12-6-13-15/h5-7H,1-4H2. The van der Waals surface area contributed by atoms with Crippen LogP contribution in [0.4, 0.5) is 0 Å². The molecule has 0 amide bonds. The van der Waals surface area contributed by atoms with Crippen LogP contribution in [0, 0.1) is 5.92 Å². The summed E-state index contributed by atoms with van der Waals surface area (Å²) in [6.45, 7) is 0.694. The van der Waals surface area contributed by atoms with Crippen molar-refractivity contribution < 1.29 is 4.74 Å². The van der Waals surface area contributed by atoms with Crippen molar-refractivity contribution in [3.63, 3.8) is 0 Å². The monoisotopic (exact) mass is 238 g/mol. The van der Waals surface area contributed by atoms with Gasteiger partial charge >= 0.3 is 0 Å². The summed E-state index contributed by atoms with van der Waals surface area (Å²) in [6.07, 6.45) is 5.20. The lowest BCUT2D eigenvalue weighted by molar-refractivity contribution is 0.283. The van der Waals surface area contributed by atoms with Gasteiger partial charge in [-0.1, -0.05) is 24.4 Å². The van der Waals surface area contributed by atoms with Crippen LogP contribution in [0.25, 0.3) is 5.78 Å². The zero-order valence-electron chi connectivity index (χ0n) is 8.64. The molecule has 2 heterocycles. The third-order valence-corrected chi connectivity index (χ3v) is 2.85. The lowest BCUT2D eigenvalue weighted by Crippen LogP contribution is -2.04. The molecule has 0 bridgehead atoms. The summed E-state index contributed by atoms with van der Waals surface area (Å²) in [7, 11) is 0. The number of hydrogen-bond donors (Lipinski definition) is 0. The third kappa shape index (κ3) is 1.95. The fraction of sp³-hybridized carbons (Fsp3) is 0.500. The first-order valence-electron chi connectivity index (χ1n) is 5.32. The number of fused-ring (bicyclic) bond motifs is 1. The highest BCUT2D eigenvalue weighted by molar-refractivity contribution is 6.29. The van der Waals surface area contributed by atoms with Gasteiger partial charge in [-0.3, -0.25) is 0 Å². The molecule has 0 spiro atoms. The summed E-state index contributed by atoms with van der Waals surface area (Å²) < 4.78 is 7.20. The minimum atomic E-state index is 0.377. The van der Waals surface area contributed by atoms with E-state index in [-0.39, 0.29) is 0 Å². The van der Waals surface area contributed by atoms with Gasteiger partial charge in [0.2, 0.25) is 5.88 Å². The van der Waals surface area contributed by atoms with Crippen LogP contribution in [0.1, 0.15) is 19.3 Å². The Morgan fingerprint density at radius 1 is 1.50 bits per heavy atom. The molecule has 1 fully saturated rings. The van der Waals surface area contributed by atoms with Crippen LogP contribution in [0.3, 0.4) is 0 Å². The van der Waals surface area contributed by atoms with Gasteiger partial charge < -0.3 is 4.74 Å². The fourth-order valence-electron chi connectivity index (χ4n) is 1.60. The predicted octanol–water partition coefficient (Wildman–Crippen LogP) is 1.96. The number of aromatic nitrogens is 4. The first-order valence-corrected chi connectivity index (χ1v) is 5.70. The Balaban J connectivity index is 1.80. The molecule has 0 aromatic carbocycles. The molecule has 0 radical (unpaired) electrons. The molecule has 2 aromatic rings. The van der Waals surface area contributed by atoms with Crippen molar-refractivity contribution in [2.45, 2.75) is 19.3 Å². The Labute approximate surface area is 97.4 Å². The van der Waals surface area contributed by atoms with E-state index < -0.39 is 0 Å². The maximum absolute atomic E-state index is 5.86. The Kier molecular flexibility index (Phi) is 2.40. The Bertz CT molecular complexity index is 508. The van der Waals surface area contributed by atoms with E-state index >= 15 is 0 Å². The molecule has 84 valence electrons. The third-order valence-electron chi connectivity index (χ3n) is 2.66. The van der Waals surface area contributed by atoms with E-state index in [1.54, 1.807) is 10.6 Å². The molecule has 0 aliphatic heterocycles. The van der Waals surface area contributed by atoms with E-state index in [1.807, 2.05) is 0 Å². The molecule has 5 nitrogen and oxygen atoms in total. The average molecular weight is 239 g/mol. The first kappa shape index (κ1) is 9.84. The smallest absolute Gasteiger partial charge is 0.256 e. The summed E-state index contributed by atoms with van der Waals surface area (Å²) >= 11 is 5.86. The lowest BCUT2D eigenvalue weighted by Gasteiger charge is -2.06. The number of rotatable bonds is 4. The molecule has 1 aliphatic rings. The quantitative estimate of drug-likeness (QED) is 0.764. The highest BCUT2D eigenvalue weighted by Crippen LogP contribution is 2.32. The minimum absolute atomic E-state index is 0.377. The Morgan fingerprint density at radius 2 is 2.38 bits per heavy atom. The maximum Gasteiger partial charge on any atom is 0.256 e. The fourth-order valence-corrected chi connectivity index (χ4v) is 1.77. The predicted molar refractivity (Wildman–Crippen MR) is 58.6 cm³/mol. The summed E-state index contributed by atoms with van der Waals surface area (Å²) in [5.41, 5.74) is 0. The number of ether oxygens (including phenoxy) is 1. The highest BCUT2D eigenvalue weighted by Gasteiger charge is 2.21. The largest absolute Gasteiger partial charge is 0.477 e. The van der Waals surface area contributed by atoms with Crippen LogP contribution in [0.15, 0.2) is 12.4 Å². The summed E-state index contributed by atoms with van der Waals surface area (Å²) in [5.74, 6) is 1.92. The molecule has 0 N–H and O–H groups in total. The highest BCUT2D eigenvalue weighted by atomic mass is 35.5. The SMILES string of the molecule is Clc1cc(OCCC2CC2)n2ncnc2n1. The van der Waals surface area contributed by atoms with Gasteiger partial charge in [0.25, 0.3) is 5.78 Å². The Hall–Kier alpha value is -1.36. The zero-order valence-corrected chi connectivity index (χ0v) is 9.39. The second kappa shape index (κ2) is 3.90. The molecular formula is C10H11ClN4O. The molecule has 2 aromatic heterocycles. The van der Waals surface area contributed by atoms with Crippen molar-refractivity contribution >= 4 is 17.4 Å². The van der Waals surface area contributed by atoms with E-state index in [2.05, 4.69) is 15.1 Å². The molecule has 6 heteroatoms. The molecule has 1 saturated carbocycles. The van der Waals surface area contributed by atoms with Gasteiger partial charge in [0, 0.05) is 6.07 Å². The zero-order chi connectivity index (χ0) is 11.0. The molecule has 1 aliphatic carbocycles. The van der Waals surface area contributed by atoms with Crippen molar-refractivity contribution in [2.24, 2.45) is 5.92 Å². The number of nitrogens with zero attached hydrogens (tertiary/aromatic N) is 4. The van der Waals surface area contributed by atoms with Crippen molar-refractivity contribution in [2.75, 3.05) is 6.61 Å². The molecule has 0 saturated heterocycles. The van der Waals surface area contributed by atoms with E-state index in [1.165, 1.54) is 19.2 Å². The molecule has 0 unspecified atom stereocenters. The van der Waals surface area contributed by atoms with Gasteiger partial charge in [0.1, 0.15) is 11.5 Å². The second-order valence-corrected chi connectivity index (χ2v) is 4.36. The van der Waals surface area contributed by atoms with Gasteiger partial charge in [-0.25, -0.2) is 0 Å². The summed E-state index contributed by atoms with van der Waals surface area (Å²) in [5, 5.41) is 4.41. The second-order valence-electron chi connectivity index (χ2n) is 3.97. The maximum atomic E-state index is 5.86. The topological polar surface area (TPSA) is 52.3 Å². The van der Waals surface area contributed by atoms with Crippen LogP contribution in [0.5, 0.6) is 5.88 Å². The van der Waals surface area contributed by atoms with E-state index in [4.69, 9.17) is 16.3 Å². The molecular weight excluding hydrogens is 228 g/mol. The van der Waals surface area contributed by atoms with Crippen LogP contribution in [0.2, 0.25) is 5.15 Å². The van der Waals surface area contributed by atoms with Crippen LogP contribution in [-0.2, 0) is 0 Å². The molecule has 0 atom stereocenters. The average Bonchev–Trinajstić information content (AvgIpc) is 2.95. The van der Waals surface area contributed by atoms with Gasteiger partial charge in [0.15, 0.2) is 0 Å². The molecule has 3 rings (SSSR count). The number of hydrogen-bond acceptors (Lipinski definition) is 4. The van der Waals surface area contributed by atoms with Gasteiger partial charge in [-0.2, -0.15) is 19.6 Å². The van der Waals surface area contributed by atoms with E-state index in [0.717, 1.165) is 12.3 Å². The summed E-state index contributed by atoms with van der Waals surface area (Å²) in [6, 6.07) is 1.66. The lowest BCUT2D eigenvalue weighted by atomic mass is 10.3. The van der Waals surface area contributed by atoms with E-state index in [9.17, 15) is 0 Å². The minimum Gasteiger partial charge on any atom is -0.477 e. The van der Waals surface area contributed by atoms with Gasteiger partial charge in [-0.05, 0) is 12.3 Å². The normalized spacial score (nSPS) is 15.6. The van der Waals surface area contributed by atoms with Crippen LogP contribution >= 0.6 is 11.6 Å². The van der Waals surface area contributed by atoms with Crippen LogP contribution in [-0.4, -0.2) is 26.2 Å². The van der Waals surface area contributed by atoms with E-state index in [0.29, 0.717) is 23.4 Å². The van der Waals surface area contributed by atoms with Crippen molar-refractivity contribution in [1.82, 2.24) is 19.6 Å². The number of halogens is 1. The van der Waals surface area contributed by atoms with Crippen molar-refractivity contribution in [3.8, 4) is 5.88 Å². The Morgan fingerprint density at radius 3 is 3.19 bits per heavy atom. The summed E-state index contributed by atoms with van der Waals surface area (Å²) in [4.78, 5) is 8.00. The van der Waals surface area contributed by atoms with Crippen LogP contribution < -0.4 is 4.74 Å². The first-order chi connectivity index (χ1) is 7.83. The van der Waals surface area contributed by atoms with Gasteiger partial charge in [0.05, 0.1) is 6.61 Å².